The van der Waals surface area contributed by atoms with Gasteiger partial charge in [-0.15, -0.1) is 0 Å². The summed E-state index contributed by atoms with van der Waals surface area (Å²) >= 11 is 5.82. The second-order valence-electron chi connectivity index (χ2n) is 8.34. The number of hydrogen-bond donors (Lipinski definition) is 0. The fourth-order valence-electron chi connectivity index (χ4n) is 3.63. The van der Waals surface area contributed by atoms with Gasteiger partial charge in [-0.1, -0.05) is 23.7 Å². The van der Waals surface area contributed by atoms with Gasteiger partial charge in [0.1, 0.15) is 18.1 Å². The van der Waals surface area contributed by atoms with Crippen LogP contribution in [-0.2, 0) is 20.9 Å². The Kier molecular flexibility index (Phi) is 6.97. The first-order chi connectivity index (χ1) is 15.4. The minimum atomic E-state index is -1.18. The standard InChI is InChI=1S/C24H26ClFN2O5/c1-6-32-22(30)24(4,5)33-21-14(2)9-16(10-15(21)3)12-28-20(29)13-27(23(28)31)17-7-8-19(26)18(25)11-17/h7-11H,6,12-13H2,1-5H3. The van der Waals surface area contributed by atoms with E-state index in [0.29, 0.717) is 11.4 Å². The van der Waals surface area contributed by atoms with Gasteiger partial charge in [0, 0.05) is 5.69 Å². The molecule has 1 aliphatic heterocycles. The number of esters is 1. The zero-order chi connectivity index (χ0) is 24.5. The average molecular weight is 477 g/mol. The Balaban J connectivity index is 1.79. The van der Waals surface area contributed by atoms with Crippen molar-refractivity contribution in [2.24, 2.45) is 0 Å². The lowest BCUT2D eigenvalue weighted by atomic mass is 10.0. The first kappa shape index (κ1) is 24.5. The van der Waals surface area contributed by atoms with Crippen LogP contribution in [0.4, 0.5) is 14.9 Å². The number of urea groups is 1. The van der Waals surface area contributed by atoms with E-state index in [4.69, 9.17) is 21.1 Å². The van der Waals surface area contributed by atoms with E-state index in [1.165, 1.54) is 17.0 Å². The number of anilines is 1. The lowest BCUT2D eigenvalue weighted by molar-refractivity contribution is -0.158. The quantitative estimate of drug-likeness (QED) is 0.424. The zero-order valence-electron chi connectivity index (χ0n) is 19.2. The van der Waals surface area contributed by atoms with Gasteiger partial charge in [0.2, 0.25) is 0 Å². The molecule has 7 nitrogen and oxygen atoms in total. The molecular formula is C24H26ClFN2O5. The van der Waals surface area contributed by atoms with E-state index in [0.717, 1.165) is 27.7 Å². The van der Waals surface area contributed by atoms with Gasteiger partial charge < -0.3 is 9.47 Å². The Morgan fingerprint density at radius 1 is 1.15 bits per heavy atom. The Bertz CT molecular complexity index is 1100. The molecule has 0 unspecified atom stereocenters. The highest BCUT2D eigenvalue weighted by atomic mass is 35.5. The van der Waals surface area contributed by atoms with Crippen molar-refractivity contribution in [3.05, 3.63) is 57.9 Å². The number of hydrogen-bond acceptors (Lipinski definition) is 5. The van der Waals surface area contributed by atoms with Crippen LogP contribution in [-0.4, -0.2) is 41.6 Å². The molecule has 2 aromatic carbocycles. The zero-order valence-corrected chi connectivity index (χ0v) is 20.0. The van der Waals surface area contributed by atoms with Crippen LogP contribution in [0.5, 0.6) is 5.75 Å². The molecule has 9 heteroatoms. The van der Waals surface area contributed by atoms with Gasteiger partial charge in [0.25, 0.3) is 5.91 Å². The molecule has 0 spiro atoms. The van der Waals surface area contributed by atoms with E-state index in [1.54, 1.807) is 20.8 Å². The predicted octanol–water partition coefficient (Wildman–Crippen LogP) is 4.79. The molecule has 0 bridgehead atoms. The summed E-state index contributed by atoms with van der Waals surface area (Å²) in [5, 5.41) is -0.126. The normalized spacial score (nSPS) is 14.2. The smallest absolute Gasteiger partial charge is 0.349 e. The number of nitrogens with zero attached hydrogens (tertiary/aromatic N) is 2. The van der Waals surface area contributed by atoms with Crippen molar-refractivity contribution in [2.75, 3.05) is 18.1 Å². The highest BCUT2D eigenvalue weighted by Gasteiger charge is 2.37. The topological polar surface area (TPSA) is 76.2 Å². The summed E-state index contributed by atoms with van der Waals surface area (Å²) < 4.78 is 24.5. The van der Waals surface area contributed by atoms with Crippen LogP contribution >= 0.6 is 11.6 Å². The monoisotopic (exact) mass is 476 g/mol. The third-order valence-electron chi connectivity index (χ3n) is 5.26. The van der Waals surface area contributed by atoms with E-state index in [-0.39, 0.29) is 30.6 Å². The van der Waals surface area contributed by atoms with E-state index in [1.807, 2.05) is 26.0 Å². The number of carbonyl (C=O) groups excluding carboxylic acids is 3. The summed E-state index contributed by atoms with van der Waals surface area (Å²) in [5.41, 5.74) is 1.41. The third kappa shape index (κ3) is 5.11. The van der Waals surface area contributed by atoms with Crippen LogP contribution < -0.4 is 9.64 Å². The molecule has 3 rings (SSSR count). The molecule has 33 heavy (non-hydrogen) atoms. The van der Waals surface area contributed by atoms with E-state index < -0.39 is 23.4 Å². The van der Waals surface area contributed by atoms with Gasteiger partial charge in [-0.25, -0.2) is 14.0 Å². The molecule has 1 heterocycles. The molecule has 0 aromatic heterocycles. The van der Waals surface area contributed by atoms with E-state index >= 15 is 0 Å². The molecule has 1 aliphatic rings. The molecule has 0 radical (unpaired) electrons. The fraction of sp³-hybridized carbons (Fsp3) is 0.375. The van der Waals surface area contributed by atoms with Crippen LogP contribution in [0.3, 0.4) is 0 Å². The highest BCUT2D eigenvalue weighted by Crippen LogP contribution is 2.31. The molecule has 3 amide bonds. The second kappa shape index (κ2) is 9.39. The summed E-state index contributed by atoms with van der Waals surface area (Å²) in [5.74, 6) is -0.908. The maximum absolute atomic E-state index is 13.5. The summed E-state index contributed by atoms with van der Waals surface area (Å²) in [6.07, 6.45) is 0. The van der Waals surface area contributed by atoms with Gasteiger partial charge in [-0.2, -0.15) is 0 Å². The summed E-state index contributed by atoms with van der Waals surface area (Å²) in [4.78, 5) is 40.0. The summed E-state index contributed by atoms with van der Waals surface area (Å²) in [6, 6.07) is 6.98. The number of benzene rings is 2. The van der Waals surface area contributed by atoms with Gasteiger partial charge in [0.15, 0.2) is 5.60 Å². The fourth-order valence-corrected chi connectivity index (χ4v) is 3.80. The lowest BCUT2D eigenvalue weighted by Crippen LogP contribution is -2.40. The minimum Gasteiger partial charge on any atom is -0.476 e. The third-order valence-corrected chi connectivity index (χ3v) is 5.55. The molecule has 0 atom stereocenters. The molecule has 176 valence electrons. The Morgan fingerprint density at radius 2 is 1.79 bits per heavy atom. The number of aryl methyl sites for hydroxylation is 2. The van der Waals surface area contributed by atoms with Crippen molar-refractivity contribution in [1.29, 1.82) is 0 Å². The van der Waals surface area contributed by atoms with Gasteiger partial charge in [-0.3, -0.25) is 14.6 Å². The predicted molar refractivity (Wildman–Crippen MR) is 122 cm³/mol. The Hall–Kier alpha value is -3.13. The van der Waals surface area contributed by atoms with Gasteiger partial charge in [-0.05, 0) is 69.5 Å². The number of rotatable bonds is 7. The molecule has 0 aliphatic carbocycles. The van der Waals surface area contributed by atoms with Crippen molar-refractivity contribution in [3.63, 3.8) is 0 Å². The minimum absolute atomic E-state index is 0.0618. The largest absolute Gasteiger partial charge is 0.476 e. The highest BCUT2D eigenvalue weighted by molar-refractivity contribution is 6.31. The molecule has 1 fully saturated rings. The van der Waals surface area contributed by atoms with Crippen molar-refractivity contribution < 1.29 is 28.2 Å². The Labute approximate surface area is 197 Å². The molecule has 1 saturated heterocycles. The van der Waals surface area contributed by atoms with Crippen LogP contribution in [0.25, 0.3) is 0 Å². The molecule has 0 N–H and O–H groups in total. The van der Waals surface area contributed by atoms with Crippen molar-refractivity contribution in [1.82, 2.24) is 4.90 Å². The van der Waals surface area contributed by atoms with Crippen molar-refractivity contribution in [3.8, 4) is 5.75 Å². The number of halogens is 2. The van der Waals surface area contributed by atoms with Gasteiger partial charge in [0.05, 0.1) is 18.2 Å². The second-order valence-corrected chi connectivity index (χ2v) is 8.75. The van der Waals surface area contributed by atoms with E-state index in [2.05, 4.69) is 0 Å². The number of imide groups is 1. The summed E-state index contributed by atoms with van der Waals surface area (Å²) in [6.45, 7) is 8.81. The van der Waals surface area contributed by atoms with E-state index in [9.17, 15) is 18.8 Å². The van der Waals surface area contributed by atoms with Crippen molar-refractivity contribution >= 4 is 35.2 Å². The van der Waals surface area contributed by atoms with Crippen molar-refractivity contribution in [2.45, 2.75) is 46.8 Å². The number of amides is 3. The first-order valence-electron chi connectivity index (χ1n) is 10.5. The van der Waals surface area contributed by atoms with Gasteiger partial charge >= 0.3 is 12.0 Å². The molecular weight excluding hydrogens is 451 g/mol. The van der Waals surface area contributed by atoms with Crippen LogP contribution in [0.1, 0.15) is 37.5 Å². The lowest BCUT2D eigenvalue weighted by Gasteiger charge is -2.26. The average Bonchev–Trinajstić information content (AvgIpc) is 3.01. The maximum Gasteiger partial charge on any atom is 0.349 e. The summed E-state index contributed by atoms with van der Waals surface area (Å²) in [7, 11) is 0. The number of carbonyl (C=O) groups is 3. The first-order valence-corrected chi connectivity index (χ1v) is 10.9. The molecule has 0 saturated carbocycles. The maximum atomic E-state index is 13.5. The molecule has 2 aromatic rings. The van der Waals surface area contributed by atoms with Crippen LogP contribution in [0.2, 0.25) is 5.02 Å². The SMILES string of the molecule is CCOC(=O)C(C)(C)Oc1c(C)cc(CN2C(=O)CN(c3ccc(F)c(Cl)c3)C2=O)cc1C. The number of ether oxygens (including phenoxy) is 2. The van der Waals surface area contributed by atoms with Crippen LogP contribution in [0, 0.1) is 19.7 Å². The van der Waals surface area contributed by atoms with Crippen LogP contribution in [0.15, 0.2) is 30.3 Å². The Morgan fingerprint density at radius 3 is 2.36 bits per heavy atom.